The first-order chi connectivity index (χ1) is 11.1. The molecule has 3 aliphatic rings. The second-order valence-corrected chi connectivity index (χ2v) is 7.20. The number of amides is 1. The van der Waals surface area contributed by atoms with Gasteiger partial charge in [0.1, 0.15) is 5.82 Å². The van der Waals surface area contributed by atoms with Gasteiger partial charge in [0.25, 0.3) is 0 Å². The summed E-state index contributed by atoms with van der Waals surface area (Å²) in [6, 6.07) is 6.89. The van der Waals surface area contributed by atoms with Crippen LogP contribution in [0, 0.1) is 23.6 Å². The molecule has 7 heteroatoms. The van der Waals surface area contributed by atoms with E-state index in [1.807, 2.05) is 15.9 Å². The van der Waals surface area contributed by atoms with Gasteiger partial charge in [-0.1, -0.05) is 12.1 Å². The van der Waals surface area contributed by atoms with Crippen LogP contribution in [0.5, 0.6) is 0 Å². The minimum atomic E-state index is -0.192. The van der Waals surface area contributed by atoms with Gasteiger partial charge in [0, 0.05) is 32.2 Å². The van der Waals surface area contributed by atoms with Crippen LogP contribution in [0.3, 0.4) is 0 Å². The largest absolute Gasteiger partial charge is 0.366 e. The number of anilines is 1. The Hall–Kier alpha value is -1.04. The van der Waals surface area contributed by atoms with Crippen LogP contribution in [-0.2, 0) is 4.79 Å². The monoisotopic (exact) mass is 389 g/mol. The van der Waals surface area contributed by atoms with Gasteiger partial charge in [-0.3, -0.25) is 4.79 Å². The van der Waals surface area contributed by atoms with E-state index >= 15 is 0 Å². The molecule has 1 aromatic rings. The fourth-order valence-corrected chi connectivity index (χ4v) is 4.79. The molecule has 4 unspecified atom stereocenters. The quantitative estimate of drug-likeness (QED) is 0.845. The third kappa shape index (κ3) is 3.60. The van der Waals surface area contributed by atoms with E-state index in [2.05, 4.69) is 0 Å². The zero-order valence-electron chi connectivity index (χ0n) is 14.1. The molecule has 2 N–H and O–H groups in total. The number of carbonyl (C=O) groups is 1. The van der Waals surface area contributed by atoms with E-state index in [-0.39, 0.29) is 48.5 Å². The molecule has 4 atom stereocenters. The number of benzene rings is 1. The lowest BCUT2D eigenvalue weighted by Gasteiger charge is -2.39. The average molecular weight is 390 g/mol. The molecule has 3 fully saturated rings. The molecule has 0 radical (unpaired) electrons. The first-order valence-corrected chi connectivity index (χ1v) is 8.69. The zero-order chi connectivity index (χ0) is 16.0. The SMILES string of the molecule is Cl.Cl.NC1C2CCC(C2)C1C(=O)N1CCN(c2ccccc2F)CC1. The Morgan fingerprint density at radius 1 is 1.04 bits per heavy atom. The van der Waals surface area contributed by atoms with Crippen molar-refractivity contribution in [1.82, 2.24) is 4.90 Å². The molecule has 2 bridgehead atoms. The summed E-state index contributed by atoms with van der Waals surface area (Å²) < 4.78 is 13.9. The summed E-state index contributed by atoms with van der Waals surface area (Å²) in [5, 5.41) is 0. The van der Waals surface area contributed by atoms with Crippen molar-refractivity contribution in [2.75, 3.05) is 31.1 Å². The fourth-order valence-electron chi connectivity index (χ4n) is 4.79. The maximum absolute atomic E-state index is 13.9. The molecule has 0 spiro atoms. The lowest BCUT2D eigenvalue weighted by molar-refractivity contribution is -0.138. The fraction of sp³-hybridized carbons (Fsp3) is 0.611. The first kappa shape index (κ1) is 20.3. The van der Waals surface area contributed by atoms with E-state index < -0.39 is 0 Å². The van der Waals surface area contributed by atoms with Crippen molar-refractivity contribution in [3.8, 4) is 0 Å². The van der Waals surface area contributed by atoms with Crippen LogP contribution in [-0.4, -0.2) is 43.0 Å². The molecule has 1 amide bonds. The molecule has 1 aromatic carbocycles. The Bertz CT molecular complexity index is 608. The molecule has 2 saturated carbocycles. The molecule has 25 heavy (non-hydrogen) atoms. The van der Waals surface area contributed by atoms with Gasteiger partial charge in [-0.25, -0.2) is 4.39 Å². The highest BCUT2D eigenvalue weighted by molar-refractivity contribution is 5.85. The lowest BCUT2D eigenvalue weighted by Crippen LogP contribution is -2.54. The van der Waals surface area contributed by atoms with Crippen molar-refractivity contribution >= 4 is 36.4 Å². The van der Waals surface area contributed by atoms with Gasteiger partial charge in [0.15, 0.2) is 0 Å². The van der Waals surface area contributed by atoms with Crippen LogP contribution in [0.25, 0.3) is 0 Å². The summed E-state index contributed by atoms with van der Waals surface area (Å²) in [6.45, 7) is 2.69. The van der Waals surface area contributed by atoms with Crippen molar-refractivity contribution in [2.24, 2.45) is 23.5 Å². The number of nitrogens with zero attached hydrogens (tertiary/aromatic N) is 2. The predicted octanol–water partition coefficient (Wildman–Crippen LogP) is 2.69. The van der Waals surface area contributed by atoms with Crippen molar-refractivity contribution < 1.29 is 9.18 Å². The van der Waals surface area contributed by atoms with Crippen molar-refractivity contribution in [3.05, 3.63) is 30.1 Å². The summed E-state index contributed by atoms with van der Waals surface area (Å²) in [4.78, 5) is 16.8. The van der Waals surface area contributed by atoms with E-state index in [1.165, 1.54) is 12.5 Å². The number of piperazine rings is 1. The van der Waals surface area contributed by atoms with Crippen molar-refractivity contribution in [1.29, 1.82) is 0 Å². The number of hydrogen-bond donors (Lipinski definition) is 1. The molecule has 1 heterocycles. The molecule has 0 aromatic heterocycles. The van der Waals surface area contributed by atoms with Crippen molar-refractivity contribution in [3.63, 3.8) is 0 Å². The summed E-state index contributed by atoms with van der Waals surface area (Å²) in [7, 11) is 0. The summed E-state index contributed by atoms with van der Waals surface area (Å²) in [5.74, 6) is 1.11. The minimum absolute atomic E-state index is 0. The number of nitrogens with two attached hydrogens (primary N) is 1. The van der Waals surface area contributed by atoms with Crippen LogP contribution in [0.2, 0.25) is 0 Å². The van der Waals surface area contributed by atoms with Gasteiger partial charge in [0.05, 0.1) is 11.6 Å². The molecule has 1 aliphatic heterocycles. The molecular formula is C18H26Cl2FN3O. The Kier molecular flexibility index (Phi) is 6.57. The molecule has 4 nitrogen and oxygen atoms in total. The van der Waals surface area contributed by atoms with Crippen LogP contribution in [0.1, 0.15) is 19.3 Å². The molecule has 1 saturated heterocycles. The van der Waals surface area contributed by atoms with E-state index in [4.69, 9.17) is 5.73 Å². The number of fused-ring (bicyclic) bond motifs is 2. The second kappa shape index (κ2) is 8.11. The molecule has 2 aliphatic carbocycles. The third-order valence-electron chi connectivity index (χ3n) is 6.05. The van der Waals surface area contributed by atoms with Gasteiger partial charge in [-0.15, -0.1) is 24.8 Å². The lowest BCUT2D eigenvalue weighted by atomic mass is 9.84. The normalized spacial score (nSPS) is 30.6. The van der Waals surface area contributed by atoms with E-state index in [1.54, 1.807) is 12.1 Å². The number of carbonyl (C=O) groups excluding carboxylic acids is 1. The maximum Gasteiger partial charge on any atom is 0.227 e. The smallest absolute Gasteiger partial charge is 0.227 e. The van der Waals surface area contributed by atoms with Gasteiger partial charge in [-0.05, 0) is 43.2 Å². The number of hydrogen-bond acceptors (Lipinski definition) is 3. The second-order valence-electron chi connectivity index (χ2n) is 7.20. The van der Waals surface area contributed by atoms with Crippen LogP contribution < -0.4 is 10.6 Å². The Morgan fingerprint density at radius 2 is 1.68 bits per heavy atom. The summed E-state index contributed by atoms with van der Waals surface area (Å²) in [6.07, 6.45) is 3.48. The van der Waals surface area contributed by atoms with E-state index in [9.17, 15) is 9.18 Å². The summed E-state index contributed by atoms with van der Waals surface area (Å²) in [5.41, 5.74) is 6.94. The third-order valence-corrected chi connectivity index (χ3v) is 6.05. The standard InChI is InChI=1S/C18H24FN3O.2ClH/c19-14-3-1-2-4-15(14)21-7-9-22(10-8-21)18(23)16-12-5-6-13(11-12)17(16)20;;/h1-4,12-13,16-17H,5-11,20H2;2*1H. The molecule has 4 rings (SSSR count). The zero-order valence-corrected chi connectivity index (χ0v) is 15.8. The van der Waals surface area contributed by atoms with Crippen molar-refractivity contribution in [2.45, 2.75) is 25.3 Å². The maximum atomic E-state index is 13.9. The first-order valence-electron chi connectivity index (χ1n) is 8.69. The van der Waals surface area contributed by atoms with Crippen LogP contribution >= 0.6 is 24.8 Å². The number of para-hydroxylation sites is 1. The van der Waals surface area contributed by atoms with Gasteiger partial charge >= 0.3 is 0 Å². The highest BCUT2D eigenvalue weighted by Crippen LogP contribution is 2.48. The van der Waals surface area contributed by atoms with Crippen LogP contribution in [0.4, 0.5) is 10.1 Å². The summed E-state index contributed by atoms with van der Waals surface area (Å²) >= 11 is 0. The van der Waals surface area contributed by atoms with E-state index in [0.717, 1.165) is 12.8 Å². The van der Waals surface area contributed by atoms with Gasteiger partial charge in [0.2, 0.25) is 5.91 Å². The molecular weight excluding hydrogens is 364 g/mol. The highest BCUT2D eigenvalue weighted by Gasteiger charge is 2.50. The highest BCUT2D eigenvalue weighted by atomic mass is 35.5. The minimum Gasteiger partial charge on any atom is -0.366 e. The van der Waals surface area contributed by atoms with Gasteiger partial charge < -0.3 is 15.5 Å². The Labute approximate surface area is 160 Å². The Morgan fingerprint density at radius 3 is 2.28 bits per heavy atom. The number of rotatable bonds is 2. The predicted molar refractivity (Wildman–Crippen MR) is 102 cm³/mol. The van der Waals surface area contributed by atoms with Gasteiger partial charge in [-0.2, -0.15) is 0 Å². The van der Waals surface area contributed by atoms with Crippen LogP contribution in [0.15, 0.2) is 24.3 Å². The number of halogens is 3. The average Bonchev–Trinajstić information content (AvgIpc) is 3.16. The molecule has 140 valence electrons. The van der Waals surface area contributed by atoms with E-state index in [0.29, 0.717) is 43.7 Å². The Balaban J connectivity index is 0.00000113. The topological polar surface area (TPSA) is 49.6 Å².